The molecule has 0 fully saturated rings. The van der Waals surface area contributed by atoms with Gasteiger partial charge >= 0.3 is 0 Å². The van der Waals surface area contributed by atoms with Crippen molar-refractivity contribution in [2.24, 2.45) is 0 Å². The van der Waals surface area contributed by atoms with Gasteiger partial charge in [0.15, 0.2) is 0 Å². The van der Waals surface area contributed by atoms with E-state index in [1.165, 1.54) is 16.8 Å². The molecule has 0 radical (unpaired) electrons. The summed E-state index contributed by atoms with van der Waals surface area (Å²) in [6.45, 7) is 4.60. The summed E-state index contributed by atoms with van der Waals surface area (Å²) in [6.07, 6.45) is 0.601. The maximum absolute atomic E-state index is 10.2. The zero-order chi connectivity index (χ0) is 15.4. The van der Waals surface area contributed by atoms with E-state index in [9.17, 15) is 5.11 Å². The zero-order valence-corrected chi connectivity index (χ0v) is 14.3. The first-order valence-corrected chi connectivity index (χ1v) is 7.86. The molecule has 23 heavy (non-hydrogen) atoms. The number of aliphatic hydroxyl groups is 1. The number of hydrogen-bond acceptors (Lipinski definition) is 3. The van der Waals surface area contributed by atoms with Gasteiger partial charge in [-0.15, -0.1) is 12.4 Å². The molecule has 0 saturated carbocycles. The minimum Gasteiger partial charge on any atom is -0.389 e. The van der Waals surface area contributed by atoms with E-state index in [1.807, 2.05) is 0 Å². The van der Waals surface area contributed by atoms with E-state index in [4.69, 9.17) is 4.74 Å². The van der Waals surface area contributed by atoms with E-state index < -0.39 is 6.10 Å². The van der Waals surface area contributed by atoms with Gasteiger partial charge in [0.25, 0.3) is 0 Å². The molecule has 3 rings (SSSR count). The molecular weight excluding hydrogens is 310 g/mol. The van der Waals surface area contributed by atoms with Crippen LogP contribution in [0.15, 0.2) is 48.5 Å². The fourth-order valence-corrected chi connectivity index (χ4v) is 2.90. The number of β-amino-alcohol motifs (C(OH)–C–C–N with tert-alkyl or cyclic N) is 1. The number of fused-ring (bicyclic) bond motifs is 1. The highest BCUT2D eigenvalue weighted by Crippen LogP contribution is 2.27. The molecule has 2 aromatic rings. The second-order valence-corrected chi connectivity index (χ2v) is 5.98. The molecule has 3 nitrogen and oxygen atoms in total. The molecule has 1 atom stereocenters. The number of anilines is 1. The standard InChI is InChI=1S/C19H23NO2.ClH/c1-15-6-8-16(9-7-15)13-22-14-18(21)12-20-11-10-17-4-2-3-5-19(17)20;/h2-9,18,21H,10-14H2,1H3;1H. The second-order valence-electron chi connectivity index (χ2n) is 5.98. The molecule has 0 aromatic heterocycles. The number of hydrogen-bond donors (Lipinski definition) is 1. The Kier molecular flexibility index (Phi) is 6.46. The first-order valence-electron chi connectivity index (χ1n) is 7.86. The van der Waals surface area contributed by atoms with E-state index in [-0.39, 0.29) is 12.4 Å². The van der Waals surface area contributed by atoms with Crippen LogP contribution in [-0.2, 0) is 17.8 Å². The number of halogens is 1. The van der Waals surface area contributed by atoms with Gasteiger partial charge in [0.05, 0.1) is 19.3 Å². The summed E-state index contributed by atoms with van der Waals surface area (Å²) in [6, 6.07) is 16.7. The van der Waals surface area contributed by atoms with Gasteiger partial charge in [0.2, 0.25) is 0 Å². The van der Waals surface area contributed by atoms with Gasteiger partial charge in [0, 0.05) is 18.8 Å². The highest BCUT2D eigenvalue weighted by Gasteiger charge is 2.20. The van der Waals surface area contributed by atoms with Crippen LogP contribution in [0.2, 0.25) is 0 Å². The second kappa shape index (κ2) is 8.34. The first-order chi connectivity index (χ1) is 10.7. The van der Waals surface area contributed by atoms with Gasteiger partial charge in [-0.3, -0.25) is 0 Å². The molecule has 1 N–H and O–H groups in total. The Morgan fingerprint density at radius 2 is 1.87 bits per heavy atom. The average molecular weight is 334 g/mol. The number of benzene rings is 2. The highest BCUT2D eigenvalue weighted by molar-refractivity contribution is 5.85. The van der Waals surface area contributed by atoms with Crippen LogP contribution in [0.3, 0.4) is 0 Å². The maximum atomic E-state index is 10.2. The van der Waals surface area contributed by atoms with Crippen LogP contribution in [0, 0.1) is 6.92 Å². The van der Waals surface area contributed by atoms with Crippen molar-refractivity contribution in [3.8, 4) is 0 Å². The fraction of sp³-hybridized carbons (Fsp3) is 0.368. The van der Waals surface area contributed by atoms with E-state index in [1.54, 1.807) is 0 Å². The van der Waals surface area contributed by atoms with Crippen LogP contribution < -0.4 is 4.90 Å². The number of nitrogens with zero attached hydrogens (tertiary/aromatic N) is 1. The maximum Gasteiger partial charge on any atom is 0.0948 e. The topological polar surface area (TPSA) is 32.7 Å². The molecular formula is C19H24ClNO2. The van der Waals surface area contributed by atoms with Gasteiger partial charge in [-0.1, -0.05) is 48.0 Å². The van der Waals surface area contributed by atoms with Gasteiger partial charge in [-0.05, 0) is 30.5 Å². The monoisotopic (exact) mass is 333 g/mol. The summed E-state index contributed by atoms with van der Waals surface area (Å²) in [5.41, 5.74) is 5.01. The van der Waals surface area contributed by atoms with Crippen molar-refractivity contribution in [1.29, 1.82) is 0 Å². The summed E-state index contributed by atoms with van der Waals surface area (Å²) in [7, 11) is 0. The molecule has 2 aromatic carbocycles. The minimum atomic E-state index is -0.461. The molecule has 0 amide bonds. The third-order valence-corrected chi connectivity index (χ3v) is 4.11. The average Bonchev–Trinajstić information content (AvgIpc) is 2.93. The van der Waals surface area contributed by atoms with Crippen LogP contribution >= 0.6 is 12.4 Å². The Balaban J connectivity index is 0.00000192. The van der Waals surface area contributed by atoms with Gasteiger partial charge in [-0.2, -0.15) is 0 Å². The van der Waals surface area contributed by atoms with Crippen LogP contribution in [0.5, 0.6) is 0 Å². The van der Waals surface area contributed by atoms with Gasteiger partial charge < -0.3 is 14.7 Å². The normalized spacial score (nSPS) is 14.3. The lowest BCUT2D eigenvalue weighted by atomic mass is 10.2. The Morgan fingerprint density at radius 3 is 2.65 bits per heavy atom. The zero-order valence-electron chi connectivity index (χ0n) is 13.4. The number of aliphatic hydroxyl groups excluding tert-OH is 1. The molecule has 1 aliphatic heterocycles. The van der Waals surface area contributed by atoms with E-state index >= 15 is 0 Å². The van der Waals surface area contributed by atoms with Crippen LogP contribution in [0.25, 0.3) is 0 Å². The number of rotatable bonds is 6. The van der Waals surface area contributed by atoms with Crippen LogP contribution in [0.1, 0.15) is 16.7 Å². The number of para-hydroxylation sites is 1. The lowest BCUT2D eigenvalue weighted by molar-refractivity contribution is 0.0321. The van der Waals surface area contributed by atoms with Gasteiger partial charge in [0.1, 0.15) is 0 Å². The lowest BCUT2D eigenvalue weighted by Crippen LogP contribution is -2.33. The van der Waals surface area contributed by atoms with E-state index in [0.717, 1.165) is 18.5 Å². The Hall–Kier alpha value is -1.55. The summed E-state index contributed by atoms with van der Waals surface area (Å²) < 4.78 is 5.64. The predicted molar refractivity (Wildman–Crippen MR) is 96.4 cm³/mol. The lowest BCUT2D eigenvalue weighted by Gasteiger charge is -2.22. The van der Waals surface area contributed by atoms with E-state index in [0.29, 0.717) is 19.8 Å². The largest absolute Gasteiger partial charge is 0.389 e. The molecule has 124 valence electrons. The Labute approximate surface area is 144 Å². The molecule has 0 spiro atoms. The molecule has 4 heteroatoms. The van der Waals surface area contributed by atoms with Crippen molar-refractivity contribution in [1.82, 2.24) is 0 Å². The fourth-order valence-electron chi connectivity index (χ4n) is 2.90. The first kappa shape index (κ1) is 17.8. The van der Waals surface area contributed by atoms with Crippen molar-refractivity contribution in [2.75, 3.05) is 24.6 Å². The summed E-state index contributed by atoms with van der Waals surface area (Å²) >= 11 is 0. The van der Waals surface area contributed by atoms with Crippen molar-refractivity contribution < 1.29 is 9.84 Å². The van der Waals surface area contributed by atoms with Crippen LogP contribution in [0.4, 0.5) is 5.69 Å². The van der Waals surface area contributed by atoms with Crippen molar-refractivity contribution in [3.63, 3.8) is 0 Å². The smallest absolute Gasteiger partial charge is 0.0948 e. The summed E-state index contributed by atoms with van der Waals surface area (Å²) in [4.78, 5) is 2.25. The van der Waals surface area contributed by atoms with Crippen LogP contribution in [-0.4, -0.2) is 30.9 Å². The molecule has 0 aliphatic carbocycles. The Morgan fingerprint density at radius 1 is 1.13 bits per heavy atom. The molecule has 0 bridgehead atoms. The number of aryl methyl sites for hydroxylation is 1. The van der Waals surface area contributed by atoms with Crippen molar-refractivity contribution in [3.05, 3.63) is 65.2 Å². The van der Waals surface area contributed by atoms with Crippen molar-refractivity contribution >= 4 is 18.1 Å². The van der Waals surface area contributed by atoms with E-state index in [2.05, 4.69) is 60.4 Å². The third kappa shape index (κ3) is 4.71. The number of ether oxygens (including phenoxy) is 1. The quantitative estimate of drug-likeness (QED) is 0.880. The predicted octanol–water partition coefficient (Wildman–Crippen LogP) is 3.36. The summed E-state index contributed by atoms with van der Waals surface area (Å²) in [5, 5.41) is 10.2. The third-order valence-electron chi connectivity index (χ3n) is 4.11. The SMILES string of the molecule is Cc1ccc(COCC(O)CN2CCc3ccccc32)cc1.Cl. The minimum absolute atomic E-state index is 0. The Bertz CT molecular complexity index is 615. The van der Waals surface area contributed by atoms with Gasteiger partial charge in [-0.25, -0.2) is 0 Å². The molecule has 1 heterocycles. The summed E-state index contributed by atoms with van der Waals surface area (Å²) in [5.74, 6) is 0. The molecule has 1 unspecified atom stereocenters. The highest BCUT2D eigenvalue weighted by atomic mass is 35.5. The molecule has 1 aliphatic rings. The molecule has 0 saturated heterocycles. The van der Waals surface area contributed by atoms with Crippen molar-refractivity contribution in [2.45, 2.75) is 26.1 Å².